The Morgan fingerprint density at radius 2 is 1.57 bits per heavy atom. The molecule has 0 saturated carbocycles. The van der Waals surface area contributed by atoms with Crippen molar-refractivity contribution in [3.63, 3.8) is 0 Å². The Morgan fingerprint density at radius 1 is 1.00 bits per heavy atom. The maximum absolute atomic E-state index is 4.33. The summed E-state index contributed by atoms with van der Waals surface area (Å²) in [6, 6.07) is 0. The van der Waals surface area contributed by atoms with E-state index in [1.807, 2.05) is 0 Å². The van der Waals surface area contributed by atoms with Crippen molar-refractivity contribution in [3.05, 3.63) is 12.7 Å². The number of hydrogen-bond acceptors (Lipinski definition) is 0. The second kappa shape index (κ2) is 0.334. The van der Waals surface area contributed by atoms with Crippen LogP contribution >= 0.6 is 0 Å². The van der Waals surface area contributed by atoms with Crippen LogP contribution in [0.3, 0.4) is 0 Å². The molecule has 0 radical (unpaired) electrons. The molecule has 14 heavy (non-hydrogen) atoms. The zero-order valence-corrected chi connectivity index (χ0v) is 9.36. The Bertz CT molecular complexity index is 917. The summed E-state index contributed by atoms with van der Waals surface area (Å²) in [6.07, 6.45) is 2.58. The van der Waals surface area contributed by atoms with Crippen molar-refractivity contribution < 1.29 is 6.51 Å². The summed E-state index contributed by atoms with van der Waals surface area (Å²) in [4.78, 5) is 11.6. The van der Waals surface area contributed by atoms with Crippen LogP contribution in [0.2, 0.25) is 45.8 Å². The summed E-state index contributed by atoms with van der Waals surface area (Å²) in [5, 5.41) is 0. The first-order valence-electron chi connectivity index (χ1n) is 6.34. The molecule has 0 aromatic carbocycles. The van der Waals surface area contributed by atoms with Crippen LogP contribution < -0.4 is 0 Å². The molecular formula is C12H11FeLi. The van der Waals surface area contributed by atoms with Gasteiger partial charge in [0.1, 0.15) is 0 Å². The molecule has 10 heterocycles. The van der Waals surface area contributed by atoms with Crippen LogP contribution in [-0.2, 0) is 6.51 Å². The van der Waals surface area contributed by atoms with Crippen molar-refractivity contribution in [1.82, 2.24) is 0 Å². The van der Waals surface area contributed by atoms with E-state index in [-0.39, 0.29) is 0 Å². The fourth-order valence-electron chi connectivity index (χ4n) is 18.4. The zero-order valence-electron chi connectivity index (χ0n) is 8.26. The second-order valence-electron chi connectivity index (χ2n) is 10.4. The Hall–Kier alpha value is 0.857. The third kappa shape index (κ3) is 0.0339. The predicted octanol–water partition coefficient (Wildman–Crippen LogP) is 3.43. The van der Waals surface area contributed by atoms with Gasteiger partial charge >= 0.3 is 82.7 Å². The summed E-state index contributed by atoms with van der Waals surface area (Å²) < 4.78 is 1.96. The predicted molar refractivity (Wildman–Crippen MR) is 51.3 cm³/mol. The first kappa shape index (κ1) is 5.01. The van der Waals surface area contributed by atoms with E-state index in [1.165, 1.54) is 38.5 Å². The number of fused-ring (bicyclic) bond motifs is 10. The average Bonchev–Trinajstić information content (AvgIpc) is 3.11. The van der Waals surface area contributed by atoms with Crippen LogP contribution in [0.4, 0.5) is 0 Å². The van der Waals surface area contributed by atoms with Crippen LogP contribution in [0, 0.1) is 0 Å². The SMILES string of the molecule is [Li][C]12[CH]3[CH]4[CH]5[C]1(C=C)[Fe]43521678[CH]2[CH]1[CH]6[CH]7[CH]28. The van der Waals surface area contributed by atoms with Crippen molar-refractivity contribution in [2.75, 3.05) is 0 Å². The van der Waals surface area contributed by atoms with E-state index in [4.69, 9.17) is 0 Å². The molecule has 68 valence electrons. The summed E-state index contributed by atoms with van der Waals surface area (Å²) in [7, 11) is 0. The van der Waals surface area contributed by atoms with Gasteiger partial charge in [-0.15, -0.1) is 0 Å². The second-order valence-corrected chi connectivity index (χ2v) is 33.9. The van der Waals surface area contributed by atoms with Gasteiger partial charge in [-0.3, -0.25) is 0 Å². The van der Waals surface area contributed by atoms with E-state index in [0.29, 0.717) is 0 Å². The number of hydrogen-bond donors (Lipinski definition) is 0. The quantitative estimate of drug-likeness (QED) is 0.467. The van der Waals surface area contributed by atoms with Gasteiger partial charge in [-0.05, 0) is 0 Å². The standard InChI is InChI=1S/C7H6.C5H5.Fe.Li/c1-2-7-5-3-4-6-7;1-2-4-5-3-1;;/h2-5H,1H2;1-5H;;. The minimum atomic E-state index is -2.79. The molecule has 0 aromatic heterocycles. The van der Waals surface area contributed by atoms with Gasteiger partial charge in [0.25, 0.3) is 0 Å². The molecule has 0 nitrogen and oxygen atoms in total. The van der Waals surface area contributed by atoms with Crippen LogP contribution in [0.5, 0.6) is 0 Å². The minimum absolute atomic E-state index is 0.937. The molecule has 1 spiro atoms. The van der Waals surface area contributed by atoms with Gasteiger partial charge in [0, 0.05) is 0 Å². The van der Waals surface area contributed by atoms with Crippen LogP contribution in [0.25, 0.3) is 0 Å². The molecule has 0 amide bonds. The molecular weight excluding hydrogens is 207 g/mol. The third-order valence-electron chi connectivity index (χ3n) is 16.1. The van der Waals surface area contributed by atoms with E-state index < -0.39 is 6.51 Å². The zero-order chi connectivity index (χ0) is 8.64. The average molecular weight is 218 g/mol. The molecule has 10 aliphatic heterocycles. The monoisotopic (exact) mass is 218 g/mol. The van der Waals surface area contributed by atoms with Gasteiger partial charge in [0.15, 0.2) is 0 Å². The van der Waals surface area contributed by atoms with Gasteiger partial charge in [-0.25, -0.2) is 0 Å². The van der Waals surface area contributed by atoms with Gasteiger partial charge in [0.2, 0.25) is 0 Å². The molecule has 0 bridgehead atoms. The fraction of sp³-hybridized carbons (Fsp3) is 0.833. The van der Waals surface area contributed by atoms with Crippen molar-refractivity contribution in [2.24, 2.45) is 0 Å². The summed E-state index contributed by atoms with van der Waals surface area (Å²) in [5.41, 5.74) is 0. The molecule has 0 N–H and O–H groups in total. The van der Waals surface area contributed by atoms with Gasteiger partial charge in [-0.2, -0.15) is 0 Å². The molecule has 2 heteroatoms. The fourth-order valence-corrected chi connectivity index (χ4v) is 95.4. The van der Waals surface area contributed by atoms with Gasteiger partial charge < -0.3 is 0 Å². The Labute approximate surface area is 82.4 Å². The molecule has 10 saturated heterocycles. The molecule has 10 fully saturated rings. The topological polar surface area (TPSA) is 0 Å². The number of allylic oxidation sites excluding steroid dienone is 1. The molecule has 0 aliphatic carbocycles. The van der Waals surface area contributed by atoms with Gasteiger partial charge in [-0.1, -0.05) is 0 Å². The first-order chi connectivity index (χ1) is 6.50. The van der Waals surface area contributed by atoms with E-state index in [2.05, 4.69) is 30.4 Å². The van der Waals surface area contributed by atoms with E-state index in [9.17, 15) is 0 Å². The van der Waals surface area contributed by atoms with E-state index in [1.54, 1.807) is 0 Å². The van der Waals surface area contributed by atoms with Crippen LogP contribution in [-0.4, -0.2) is 17.7 Å². The van der Waals surface area contributed by atoms with Crippen molar-refractivity contribution >= 4 is 17.7 Å². The molecule has 10 rings (SSSR count). The molecule has 10 aliphatic rings. The Kier molecular flexibility index (Phi) is 0.119. The molecule has 5 atom stereocenters. The van der Waals surface area contributed by atoms with Crippen LogP contribution in [0.15, 0.2) is 12.7 Å². The summed E-state index contributed by atoms with van der Waals surface area (Å²) >= 11 is 2.79. The van der Waals surface area contributed by atoms with E-state index in [0.717, 1.165) is 7.30 Å². The van der Waals surface area contributed by atoms with Crippen molar-refractivity contribution in [2.45, 2.75) is 45.8 Å². The van der Waals surface area contributed by atoms with Crippen LogP contribution in [0.1, 0.15) is 0 Å². The Morgan fingerprint density at radius 3 is 1.64 bits per heavy atom. The molecule has 0 aromatic rings. The number of rotatable bonds is 1. The normalized spacial score (nSPS) is 147. The van der Waals surface area contributed by atoms with Crippen molar-refractivity contribution in [3.8, 4) is 0 Å². The maximum atomic E-state index is 4.33. The van der Waals surface area contributed by atoms with Gasteiger partial charge in [0.05, 0.1) is 0 Å². The van der Waals surface area contributed by atoms with Crippen molar-refractivity contribution in [1.29, 1.82) is 0 Å². The molecule has 5 unspecified atom stereocenters. The third-order valence-corrected chi connectivity index (χ3v) is 60.4. The van der Waals surface area contributed by atoms with E-state index >= 15 is 0 Å². The Balaban J connectivity index is 2.07. The summed E-state index contributed by atoms with van der Waals surface area (Å²) in [5.74, 6) is 0. The first-order valence-corrected chi connectivity index (χ1v) is 12.5. The summed E-state index contributed by atoms with van der Waals surface area (Å²) in [6.45, 7) is 1.55.